The molecule has 0 unspecified atom stereocenters. The van der Waals surface area contributed by atoms with Gasteiger partial charge in [-0.1, -0.05) is 19.8 Å². The van der Waals surface area contributed by atoms with Crippen molar-refractivity contribution in [2.45, 2.75) is 71.1 Å². The molecular formula is C26H32FN3O4. The molecule has 0 radical (unpaired) electrons. The molecule has 1 amide bonds. The zero-order valence-electron chi connectivity index (χ0n) is 20.1. The molecular weight excluding hydrogens is 437 g/mol. The highest BCUT2D eigenvalue weighted by molar-refractivity contribution is 6.04. The molecule has 2 atom stereocenters. The number of aliphatic hydroxyl groups is 1. The van der Waals surface area contributed by atoms with Gasteiger partial charge in [-0.15, -0.1) is 0 Å². The topological polar surface area (TPSA) is 85.5 Å². The Balaban J connectivity index is 1.92. The minimum absolute atomic E-state index is 0.221. The Labute approximate surface area is 198 Å². The van der Waals surface area contributed by atoms with E-state index in [9.17, 15) is 19.1 Å². The number of nitrogens with one attached hydrogen (secondary N) is 1. The molecule has 34 heavy (non-hydrogen) atoms. The first kappa shape index (κ1) is 24.0. The number of halogens is 1. The summed E-state index contributed by atoms with van der Waals surface area (Å²) in [4.78, 5) is 27.3. The van der Waals surface area contributed by atoms with E-state index in [2.05, 4.69) is 5.32 Å². The molecule has 2 heterocycles. The van der Waals surface area contributed by atoms with Crippen molar-refractivity contribution in [2.24, 2.45) is 7.05 Å². The Morgan fingerprint density at radius 3 is 2.53 bits per heavy atom. The van der Waals surface area contributed by atoms with Gasteiger partial charge in [0, 0.05) is 18.4 Å². The molecule has 182 valence electrons. The Kier molecular flexibility index (Phi) is 6.79. The molecule has 1 saturated carbocycles. The lowest BCUT2D eigenvalue weighted by Crippen LogP contribution is -2.45. The van der Waals surface area contributed by atoms with Gasteiger partial charge >= 0.3 is 0 Å². The lowest BCUT2D eigenvalue weighted by atomic mass is 9.92. The number of ether oxygens (including phenoxy) is 1. The Morgan fingerprint density at radius 2 is 1.91 bits per heavy atom. The molecule has 8 heteroatoms. The number of aliphatic hydroxyl groups excluding tert-OH is 1. The summed E-state index contributed by atoms with van der Waals surface area (Å²) in [6.45, 7) is 5.61. The molecule has 0 bridgehead atoms. The van der Waals surface area contributed by atoms with Crippen LogP contribution in [0, 0.1) is 5.82 Å². The number of pyridine rings is 1. The number of fused-ring (bicyclic) bond motifs is 1. The van der Waals surface area contributed by atoms with Gasteiger partial charge < -0.3 is 19.7 Å². The molecule has 1 aliphatic carbocycles. The van der Waals surface area contributed by atoms with Crippen LogP contribution in [0.25, 0.3) is 16.6 Å². The number of hydrogen-bond acceptors (Lipinski definition) is 4. The Morgan fingerprint density at radius 1 is 1.24 bits per heavy atom. The van der Waals surface area contributed by atoms with Crippen LogP contribution in [0.15, 0.2) is 35.1 Å². The van der Waals surface area contributed by atoms with Crippen LogP contribution in [-0.4, -0.2) is 38.4 Å². The maximum absolute atomic E-state index is 13.8. The van der Waals surface area contributed by atoms with Gasteiger partial charge in [0.1, 0.15) is 11.2 Å². The summed E-state index contributed by atoms with van der Waals surface area (Å²) >= 11 is 0. The number of aryl methyl sites for hydroxylation is 2. The number of carbonyl (C=O) groups is 1. The number of carbonyl (C=O) groups excluding carboxylic acids is 1. The van der Waals surface area contributed by atoms with Gasteiger partial charge in [-0.2, -0.15) is 0 Å². The standard InChI is InChI=1S/C26H32FN3O4/c1-5-17-14-20-22(26(33)30(17)18-12-10-16(27)11-13-18)24(34-15(2)3)23(29(20)4)25(32)28-19-8-6-7-9-21(19)31/h10-15,19,21,31H,5-9H2,1-4H3,(H,28,32)/t19-,21-/m0/s1. The fraction of sp³-hybridized carbons (Fsp3) is 0.462. The van der Waals surface area contributed by atoms with Crippen molar-refractivity contribution in [2.75, 3.05) is 0 Å². The van der Waals surface area contributed by atoms with E-state index in [4.69, 9.17) is 4.74 Å². The summed E-state index contributed by atoms with van der Waals surface area (Å²) in [5.74, 6) is -0.548. The SMILES string of the molecule is CCc1cc2c(c(OC(C)C)c(C(=O)N[C@H]3CCCC[C@@H]3O)n2C)c(=O)n1-c1ccc(F)cc1. The van der Waals surface area contributed by atoms with Crippen molar-refractivity contribution in [3.8, 4) is 11.4 Å². The maximum Gasteiger partial charge on any atom is 0.272 e. The quantitative estimate of drug-likeness (QED) is 0.574. The summed E-state index contributed by atoms with van der Waals surface area (Å²) in [5.41, 5.74) is 1.78. The molecule has 1 fully saturated rings. The Hall–Kier alpha value is -3.13. The molecule has 7 nitrogen and oxygen atoms in total. The van der Waals surface area contributed by atoms with E-state index in [1.54, 1.807) is 28.3 Å². The largest absolute Gasteiger partial charge is 0.488 e. The number of aromatic nitrogens is 2. The normalized spacial score (nSPS) is 18.4. The molecule has 1 aromatic carbocycles. The molecule has 0 saturated heterocycles. The van der Waals surface area contributed by atoms with E-state index in [0.717, 1.165) is 18.5 Å². The van der Waals surface area contributed by atoms with Crippen molar-refractivity contribution in [1.82, 2.24) is 14.5 Å². The second kappa shape index (κ2) is 9.62. The van der Waals surface area contributed by atoms with Crippen molar-refractivity contribution >= 4 is 16.8 Å². The zero-order valence-corrected chi connectivity index (χ0v) is 20.1. The van der Waals surface area contributed by atoms with Gasteiger partial charge in [-0.05, 0) is 63.4 Å². The van der Waals surface area contributed by atoms with E-state index >= 15 is 0 Å². The summed E-state index contributed by atoms with van der Waals surface area (Å²) in [6, 6.07) is 7.29. The van der Waals surface area contributed by atoms with Crippen LogP contribution in [0.2, 0.25) is 0 Å². The van der Waals surface area contributed by atoms with E-state index in [1.807, 2.05) is 26.8 Å². The number of rotatable bonds is 6. The van der Waals surface area contributed by atoms with E-state index in [0.29, 0.717) is 35.9 Å². The van der Waals surface area contributed by atoms with Crippen LogP contribution in [-0.2, 0) is 13.5 Å². The molecule has 4 rings (SSSR count). The third-order valence-corrected chi connectivity index (χ3v) is 6.46. The van der Waals surface area contributed by atoms with Crippen LogP contribution in [0.3, 0.4) is 0 Å². The van der Waals surface area contributed by atoms with Gasteiger partial charge in [-0.25, -0.2) is 4.39 Å². The van der Waals surface area contributed by atoms with Crippen molar-refractivity contribution in [1.29, 1.82) is 0 Å². The Bertz CT molecular complexity index is 1260. The van der Waals surface area contributed by atoms with Crippen LogP contribution in [0.4, 0.5) is 4.39 Å². The van der Waals surface area contributed by atoms with Crippen LogP contribution in [0.5, 0.6) is 5.75 Å². The van der Waals surface area contributed by atoms with Crippen LogP contribution < -0.4 is 15.6 Å². The third kappa shape index (κ3) is 4.34. The first-order valence-electron chi connectivity index (χ1n) is 11.9. The van der Waals surface area contributed by atoms with E-state index < -0.39 is 6.10 Å². The first-order valence-corrected chi connectivity index (χ1v) is 11.9. The molecule has 0 aliphatic heterocycles. The smallest absolute Gasteiger partial charge is 0.272 e. The predicted molar refractivity (Wildman–Crippen MR) is 129 cm³/mol. The highest BCUT2D eigenvalue weighted by Crippen LogP contribution is 2.33. The fourth-order valence-corrected chi connectivity index (χ4v) is 4.77. The van der Waals surface area contributed by atoms with E-state index in [-0.39, 0.29) is 40.9 Å². The minimum atomic E-state index is -0.593. The summed E-state index contributed by atoms with van der Waals surface area (Å²) < 4.78 is 22.8. The second-order valence-electron chi connectivity index (χ2n) is 9.20. The molecule has 2 N–H and O–H groups in total. The van der Waals surface area contributed by atoms with Crippen molar-refractivity contribution in [3.05, 3.63) is 57.9 Å². The molecule has 0 spiro atoms. The van der Waals surface area contributed by atoms with E-state index in [1.165, 1.54) is 12.1 Å². The molecule has 1 aliphatic rings. The summed E-state index contributed by atoms with van der Waals surface area (Å²) in [5, 5.41) is 13.6. The highest BCUT2D eigenvalue weighted by atomic mass is 19.1. The number of hydrogen-bond donors (Lipinski definition) is 2. The van der Waals surface area contributed by atoms with Crippen molar-refractivity contribution < 1.29 is 19.0 Å². The average molecular weight is 470 g/mol. The lowest BCUT2D eigenvalue weighted by Gasteiger charge is -2.28. The fourth-order valence-electron chi connectivity index (χ4n) is 4.77. The summed E-state index contributed by atoms with van der Waals surface area (Å²) in [7, 11) is 1.74. The van der Waals surface area contributed by atoms with Gasteiger partial charge in [-0.3, -0.25) is 14.2 Å². The van der Waals surface area contributed by atoms with Crippen molar-refractivity contribution in [3.63, 3.8) is 0 Å². The number of nitrogens with zero attached hydrogens (tertiary/aromatic N) is 2. The maximum atomic E-state index is 13.8. The number of benzene rings is 1. The lowest BCUT2D eigenvalue weighted by molar-refractivity contribution is 0.0708. The summed E-state index contributed by atoms with van der Waals surface area (Å²) in [6.07, 6.45) is 2.92. The van der Waals surface area contributed by atoms with Gasteiger partial charge in [0.15, 0.2) is 11.4 Å². The number of amides is 1. The molecule has 3 aromatic rings. The van der Waals surface area contributed by atoms with Crippen LogP contribution >= 0.6 is 0 Å². The third-order valence-electron chi connectivity index (χ3n) is 6.46. The minimum Gasteiger partial charge on any atom is -0.488 e. The van der Waals surface area contributed by atoms with Crippen LogP contribution in [0.1, 0.15) is 62.6 Å². The molecule has 2 aromatic heterocycles. The monoisotopic (exact) mass is 469 g/mol. The zero-order chi connectivity index (χ0) is 24.6. The highest BCUT2D eigenvalue weighted by Gasteiger charge is 2.31. The second-order valence-corrected chi connectivity index (χ2v) is 9.20. The predicted octanol–water partition coefficient (Wildman–Crippen LogP) is 3.85. The van der Waals surface area contributed by atoms with Gasteiger partial charge in [0.2, 0.25) is 0 Å². The first-order chi connectivity index (χ1) is 16.2. The van der Waals surface area contributed by atoms with Gasteiger partial charge in [0.25, 0.3) is 11.5 Å². The van der Waals surface area contributed by atoms with Gasteiger partial charge in [0.05, 0.1) is 23.8 Å². The average Bonchev–Trinajstić information content (AvgIpc) is 3.07.